The fourth-order valence-electron chi connectivity index (χ4n) is 2.73. The number of urea groups is 1. The van der Waals surface area contributed by atoms with Crippen LogP contribution >= 0.6 is 11.3 Å². The molecule has 0 radical (unpaired) electrons. The van der Waals surface area contributed by atoms with Gasteiger partial charge >= 0.3 is 6.03 Å². The van der Waals surface area contributed by atoms with Crippen LogP contribution in [0, 0.1) is 6.92 Å². The highest BCUT2D eigenvalue weighted by Gasteiger charge is 2.26. The first-order valence-corrected chi connectivity index (χ1v) is 8.42. The Balaban J connectivity index is 1.67. The smallest absolute Gasteiger partial charge is 0.328 e. The molecule has 3 aromatic rings. The molecule has 2 aromatic carbocycles. The van der Waals surface area contributed by atoms with E-state index in [-0.39, 0.29) is 11.8 Å². The number of para-hydroxylation sites is 1. The highest BCUT2D eigenvalue weighted by Crippen LogP contribution is 2.35. The molecule has 2 N–H and O–H groups in total. The van der Waals surface area contributed by atoms with Crippen LogP contribution in [0.4, 0.5) is 15.6 Å². The number of aromatic nitrogens is 1. The summed E-state index contributed by atoms with van der Waals surface area (Å²) in [4.78, 5) is 18.5. The van der Waals surface area contributed by atoms with Crippen LogP contribution in [-0.4, -0.2) is 16.1 Å². The topological polar surface area (TPSA) is 65.5 Å². The highest BCUT2D eigenvalue weighted by molar-refractivity contribution is 7.14. The van der Waals surface area contributed by atoms with Gasteiger partial charge in [-0.2, -0.15) is 0 Å². The lowest BCUT2D eigenvalue weighted by Gasteiger charge is -2.27. The van der Waals surface area contributed by atoms with Crippen LogP contribution in [0.2, 0.25) is 0 Å². The van der Waals surface area contributed by atoms with E-state index in [1.54, 1.807) is 11.0 Å². The molecule has 0 saturated heterocycles. The number of hydrogen-bond acceptors (Lipinski definition) is 4. The molecule has 24 heavy (non-hydrogen) atoms. The molecule has 0 atom stereocenters. The predicted molar refractivity (Wildman–Crippen MR) is 95.6 cm³/mol. The SMILES string of the molecule is Cc1ccc(-c2csc(N3Cc4ccccc4NC3=O)n2)c(O)c1. The van der Waals surface area contributed by atoms with Gasteiger partial charge in [-0.05, 0) is 36.2 Å². The fourth-order valence-corrected chi connectivity index (χ4v) is 3.55. The third kappa shape index (κ3) is 2.51. The number of carbonyl (C=O) groups is 1. The largest absolute Gasteiger partial charge is 0.507 e. The predicted octanol–water partition coefficient (Wildman–Crippen LogP) is 4.38. The Morgan fingerprint density at radius 3 is 2.92 bits per heavy atom. The average Bonchev–Trinajstić information content (AvgIpc) is 3.03. The van der Waals surface area contributed by atoms with E-state index < -0.39 is 0 Å². The standard InChI is InChI=1S/C18H15N3O2S/c1-11-6-7-13(16(22)8-11)15-10-24-18(20-15)21-9-12-4-2-3-5-14(12)19-17(21)23/h2-8,10,22H,9H2,1H3,(H,19,23). The number of thiazole rings is 1. The van der Waals surface area contributed by atoms with E-state index in [1.807, 2.05) is 48.7 Å². The van der Waals surface area contributed by atoms with Gasteiger partial charge in [-0.15, -0.1) is 11.3 Å². The first-order chi connectivity index (χ1) is 11.6. The third-order valence-electron chi connectivity index (χ3n) is 3.98. The Labute approximate surface area is 143 Å². The van der Waals surface area contributed by atoms with Crippen molar-refractivity contribution in [3.05, 3.63) is 59.0 Å². The van der Waals surface area contributed by atoms with Gasteiger partial charge in [0.15, 0.2) is 5.13 Å². The molecular formula is C18H15N3O2S. The van der Waals surface area contributed by atoms with Gasteiger partial charge in [-0.25, -0.2) is 9.78 Å². The Hall–Kier alpha value is -2.86. The average molecular weight is 337 g/mol. The molecule has 1 aliphatic heterocycles. The first kappa shape index (κ1) is 14.7. The molecule has 120 valence electrons. The van der Waals surface area contributed by atoms with Gasteiger partial charge in [-0.3, -0.25) is 4.90 Å². The lowest BCUT2D eigenvalue weighted by molar-refractivity contribution is 0.256. The van der Waals surface area contributed by atoms with Gasteiger partial charge in [0.05, 0.1) is 12.2 Å². The molecule has 2 amide bonds. The molecule has 0 aliphatic carbocycles. The van der Waals surface area contributed by atoms with Crippen molar-refractivity contribution in [1.29, 1.82) is 0 Å². The van der Waals surface area contributed by atoms with Gasteiger partial charge in [0, 0.05) is 16.6 Å². The molecule has 2 heterocycles. The zero-order valence-electron chi connectivity index (χ0n) is 13.0. The van der Waals surface area contributed by atoms with Gasteiger partial charge < -0.3 is 10.4 Å². The Morgan fingerprint density at radius 2 is 2.08 bits per heavy atom. The maximum atomic E-state index is 12.3. The minimum atomic E-state index is -0.192. The van der Waals surface area contributed by atoms with Gasteiger partial charge in [0.25, 0.3) is 0 Å². The van der Waals surface area contributed by atoms with Crippen LogP contribution in [0.5, 0.6) is 5.75 Å². The lowest BCUT2D eigenvalue weighted by Crippen LogP contribution is -2.38. The molecule has 5 nitrogen and oxygen atoms in total. The number of amides is 2. The molecular weight excluding hydrogens is 322 g/mol. The summed E-state index contributed by atoms with van der Waals surface area (Å²) in [7, 11) is 0. The number of anilines is 2. The molecule has 1 aromatic heterocycles. The van der Waals surface area contributed by atoms with Crippen molar-refractivity contribution in [2.45, 2.75) is 13.5 Å². The second-order valence-electron chi connectivity index (χ2n) is 5.71. The minimum Gasteiger partial charge on any atom is -0.507 e. The zero-order chi connectivity index (χ0) is 16.7. The van der Waals surface area contributed by atoms with Crippen molar-refractivity contribution in [1.82, 2.24) is 4.98 Å². The summed E-state index contributed by atoms with van der Waals surface area (Å²) in [5.74, 6) is 0.195. The molecule has 0 bridgehead atoms. The number of benzene rings is 2. The van der Waals surface area contributed by atoms with Gasteiger partial charge in [0.1, 0.15) is 5.75 Å². The number of carbonyl (C=O) groups excluding carboxylic acids is 1. The van der Waals surface area contributed by atoms with Crippen molar-refractivity contribution in [2.75, 3.05) is 10.2 Å². The Bertz CT molecular complexity index is 936. The van der Waals surface area contributed by atoms with Crippen molar-refractivity contribution in [3.63, 3.8) is 0 Å². The summed E-state index contributed by atoms with van der Waals surface area (Å²) >= 11 is 1.39. The molecule has 1 aliphatic rings. The summed E-state index contributed by atoms with van der Waals surface area (Å²) in [6.45, 7) is 2.40. The summed E-state index contributed by atoms with van der Waals surface area (Å²) < 4.78 is 0. The monoisotopic (exact) mass is 337 g/mol. The number of hydrogen-bond donors (Lipinski definition) is 2. The van der Waals surface area contributed by atoms with Crippen LogP contribution in [-0.2, 0) is 6.54 Å². The number of nitrogens with one attached hydrogen (secondary N) is 1. The zero-order valence-corrected chi connectivity index (χ0v) is 13.8. The molecule has 0 fully saturated rings. The first-order valence-electron chi connectivity index (χ1n) is 7.54. The number of nitrogens with zero attached hydrogens (tertiary/aromatic N) is 2. The summed E-state index contributed by atoms with van der Waals surface area (Å²) in [6, 6.07) is 13.0. The van der Waals surface area contributed by atoms with Crippen LogP contribution in [0.15, 0.2) is 47.8 Å². The van der Waals surface area contributed by atoms with Crippen LogP contribution in [0.3, 0.4) is 0 Å². The summed E-state index contributed by atoms with van der Waals surface area (Å²) in [5, 5.41) is 15.5. The number of phenols is 1. The number of fused-ring (bicyclic) bond motifs is 1. The van der Waals surface area contributed by atoms with Crippen LogP contribution in [0.25, 0.3) is 11.3 Å². The van der Waals surface area contributed by atoms with Crippen LogP contribution in [0.1, 0.15) is 11.1 Å². The van der Waals surface area contributed by atoms with Crippen molar-refractivity contribution in [2.24, 2.45) is 0 Å². The van der Waals surface area contributed by atoms with E-state index in [9.17, 15) is 9.90 Å². The van der Waals surface area contributed by atoms with Crippen molar-refractivity contribution >= 4 is 28.2 Å². The number of aryl methyl sites for hydroxylation is 1. The number of aromatic hydroxyl groups is 1. The summed E-state index contributed by atoms with van der Waals surface area (Å²) in [6.07, 6.45) is 0. The van der Waals surface area contributed by atoms with Gasteiger partial charge in [-0.1, -0.05) is 24.3 Å². The van der Waals surface area contributed by atoms with Crippen LogP contribution < -0.4 is 10.2 Å². The maximum absolute atomic E-state index is 12.3. The van der Waals surface area contributed by atoms with E-state index >= 15 is 0 Å². The second-order valence-corrected chi connectivity index (χ2v) is 6.55. The van der Waals surface area contributed by atoms with E-state index in [0.717, 1.165) is 16.8 Å². The summed E-state index contributed by atoms with van der Waals surface area (Å²) in [5.41, 5.74) is 4.21. The van der Waals surface area contributed by atoms with Crippen molar-refractivity contribution in [3.8, 4) is 17.0 Å². The van der Waals surface area contributed by atoms with E-state index in [2.05, 4.69) is 10.3 Å². The fraction of sp³-hybridized carbons (Fsp3) is 0.111. The molecule has 4 rings (SSSR count). The molecule has 0 saturated carbocycles. The quantitative estimate of drug-likeness (QED) is 0.729. The maximum Gasteiger partial charge on any atom is 0.328 e. The number of phenolic OH excluding ortho intramolecular Hbond substituents is 1. The third-order valence-corrected chi connectivity index (χ3v) is 4.85. The van der Waals surface area contributed by atoms with E-state index in [1.165, 1.54) is 11.3 Å². The second kappa shape index (κ2) is 5.65. The lowest BCUT2D eigenvalue weighted by atomic mass is 10.1. The molecule has 0 unspecified atom stereocenters. The van der Waals surface area contributed by atoms with E-state index in [4.69, 9.17) is 0 Å². The minimum absolute atomic E-state index is 0.192. The molecule has 0 spiro atoms. The van der Waals surface area contributed by atoms with Gasteiger partial charge in [0.2, 0.25) is 0 Å². The Kier molecular flexibility index (Phi) is 3.46. The Morgan fingerprint density at radius 1 is 1.25 bits per heavy atom. The number of rotatable bonds is 2. The van der Waals surface area contributed by atoms with Crippen molar-refractivity contribution < 1.29 is 9.90 Å². The highest BCUT2D eigenvalue weighted by atomic mass is 32.1. The van der Waals surface area contributed by atoms with E-state index in [0.29, 0.717) is 22.9 Å². The molecule has 6 heteroatoms. The normalized spacial score (nSPS) is 13.5.